The lowest BCUT2D eigenvalue weighted by molar-refractivity contribution is 0.102. The van der Waals surface area contributed by atoms with Gasteiger partial charge >= 0.3 is 0 Å². The van der Waals surface area contributed by atoms with Crippen LogP contribution in [0, 0.1) is 5.82 Å². The van der Waals surface area contributed by atoms with E-state index in [9.17, 15) is 9.18 Å². The summed E-state index contributed by atoms with van der Waals surface area (Å²) in [4.78, 5) is 16.7. The molecular weight excluding hydrogens is 329 g/mol. The maximum atomic E-state index is 12.9. The molecule has 132 valence electrons. The zero-order valence-electron chi connectivity index (χ0n) is 14.7. The third-order valence-electron chi connectivity index (χ3n) is 3.96. The van der Waals surface area contributed by atoms with Crippen molar-refractivity contribution in [1.82, 2.24) is 4.98 Å². The Morgan fingerprint density at radius 3 is 2.31 bits per heavy atom. The topological polar surface area (TPSA) is 54.0 Å². The molecule has 1 amide bonds. The van der Waals surface area contributed by atoms with E-state index in [0.29, 0.717) is 11.6 Å². The number of carbonyl (C=O) groups is 1. The molecule has 1 heterocycles. The number of nitrogens with one attached hydrogen (secondary N) is 2. The summed E-state index contributed by atoms with van der Waals surface area (Å²) >= 11 is 0. The molecule has 4 nitrogen and oxygen atoms in total. The Balaban J connectivity index is 1.70. The predicted molar refractivity (Wildman–Crippen MR) is 102 cm³/mol. The van der Waals surface area contributed by atoms with Gasteiger partial charge in [-0.15, -0.1) is 0 Å². The number of benzene rings is 2. The molecule has 3 rings (SSSR count). The summed E-state index contributed by atoms with van der Waals surface area (Å²) in [7, 11) is 0. The average Bonchev–Trinajstić information content (AvgIpc) is 2.64. The van der Waals surface area contributed by atoms with E-state index in [1.165, 1.54) is 12.1 Å². The van der Waals surface area contributed by atoms with Crippen molar-refractivity contribution in [3.8, 4) is 0 Å². The largest absolute Gasteiger partial charge is 0.354 e. The van der Waals surface area contributed by atoms with Crippen LogP contribution in [0.15, 0.2) is 66.9 Å². The van der Waals surface area contributed by atoms with Gasteiger partial charge in [0.25, 0.3) is 5.91 Å². The fraction of sp³-hybridized carbons (Fsp3) is 0.143. The first kappa shape index (κ1) is 17.6. The summed E-state index contributed by atoms with van der Waals surface area (Å²) in [6, 6.07) is 17.2. The standard InChI is InChI=1S/C21H20FN3O/c1-14(2)18-5-3-4-6-19(18)25-21(26)20-12-11-17(13-23-20)24-16-9-7-15(22)8-10-16/h3-14,24H,1-2H3,(H,25,26). The van der Waals surface area contributed by atoms with Crippen LogP contribution in [-0.2, 0) is 0 Å². The summed E-state index contributed by atoms with van der Waals surface area (Å²) in [6.07, 6.45) is 1.58. The number of hydrogen-bond acceptors (Lipinski definition) is 3. The van der Waals surface area contributed by atoms with E-state index in [-0.39, 0.29) is 11.7 Å². The summed E-state index contributed by atoms with van der Waals surface area (Å²) in [5, 5.41) is 6.03. The molecule has 2 N–H and O–H groups in total. The third-order valence-corrected chi connectivity index (χ3v) is 3.96. The van der Waals surface area contributed by atoms with Crippen LogP contribution in [0.4, 0.5) is 21.5 Å². The number of anilines is 3. The molecule has 5 heteroatoms. The monoisotopic (exact) mass is 349 g/mol. The SMILES string of the molecule is CC(C)c1ccccc1NC(=O)c1ccc(Nc2ccc(F)cc2)cn1. The van der Waals surface area contributed by atoms with Gasteiger partial charge in [-0.3, -0.25) is 4.79 Å². The van der Waals surface area contributed by atoms with Crippen LogP contribution < -0.4 is 10.6 Å². The zero-order valence-corrected chi connectivity index (χ0v) is 14.7. The van der Waals surface area contributed by atoms with Gasteiger partial charge in [0.1, 0.15) is 11.5 Å². The molecule has 1 aromatic heterocycles. The highest BCUT2D eigenvalue weighted by Gasteiger charge is 2.12. The molecule has 0 unspecified atom stereocenters. The normalized spacial score (nSPS) is 10.6. The maximum absolute atomic E-state index is 12.9. The highest BCUT2D eigenvalue weighted by molar-refractivity contribution is 6.03. The van der Waals surface area contributed by atoms with Gasteiger partial charge in [-0.2, -0.15) is 0 Å². The molecule has 3 aromatic rings. The fourth-order valence-electron chi connectivity index (χ4n) is 2.60. The van der Waals surface area contributed by atoms with E-state index in [1.54, 1.807) is 30.5 Å². The van der Waals surface area contributed by atoms with Crippen LogP contribution in [0.2, 0.25) is 0 Å². The van der Waals surface area contributed by atoms with Crippen LogP contribution in [0.1, 0.15) is 35.8 Å². The first-order valence-corrected chi connectivity index (χ1v) is 8.42. The van der Waals surface area contributed by atoms with Crippen LogP contribution in [0.5, 0.6) is 0 Å². The van der Waals surface area contributed by atoms with Crippen molar-refractivity contribution < 1.29 is 9.18 Å². The van der Waals surface area contributed by atoms with Gasteiger partial charge in [-0.25, -0.2) is 9.37 Å². The predicted octanol–water partition coefficient (Wildman–Crippen LogP) is 5.34. The minimum absolute atomic E-state index is 0.258. The van der Waals surface area contributed by atoms with Crippen molar-refractivity contribution in [3.05, 3.63) is 83.9 Å². The Hall–Kier alpha value is -3.21. The summed E-state index contributed by atoms with van der Waals surface area (Å²) in [5.74, 6) is -0.240. The van der Waals surface area contributed by atoms with Gasteiger partial charge in [0.05, 0.1) is 11.9 Å². The molecule has 26 heavy (non-hydrogen) atoms. The minimum atomic E-state index is -0.289. The van der Waals surface area contributed by atoms with E-state index in [1.807, 2.05) is 24.3 Å². The Labute approximate surface area is 152 Å². The van der Waals surface area contributed by atoms with Gasteiger partial charge in [0, 0.05) is 11.4 Å². The lowest BCUT2D eigenvalue weighted by atomic mass is 10.0. The average molecular weight is 349 g/mol. The van der Waals surface area contributed by atoms with Crippen LogP contribution in [0.25, 0.3) is 0 Å². The van der Waals surface area contributed by atoms with Crippen molar-refractivity contribution in [2.75, 3.05) is 10.6 Å². The zero-order chi connectivity index (χ0) is 18.5. The first-order valence-electron chi connectivity index (χ1n) is 8.42. The number of hydrogen-bond donors (Lipinski definition) is 2. The summed E-state index contributed by atoms with van der Waals surface area (Å²) in [5.41, 5.74) is 3.67. The van der Waals surface area contributed by atoms with Crippen molar-refractivity contribution in [2.24, 2.45) is 0 Å². The van der Waals surface area contributed by atoms with Gasteiger partial charge in [-0.05, 0) is 53.9 Å². The van der Waals surface area contributed by atoms with Gasteiger partial charge in [0.15, 0.2) is 0 Å². The second-order valence-electron chi connectivity index (χ2n) is 6.26. The number of amides is 1. The Morgan fingerprint density at radius 1 is 0.962 bits per heavy atom. The van der Waals surface area contributed by atoms with Crippen LogP contribution in [-0.4, -0.2) is 10.9 Å². The van der Waals surface area contributed by atoms with Crippen molar-refractivity contribution >= 4 is 23.0 Å². The molecule has 0 atom stereocenters. The molecule has 0 aliphatic rings. The van der Waals surface area contributed by atoms with Crippen LogP contribution >= 0.6 is 0 Å². The summed E-state index contributed by atoms with van der Waals surface area (Å²) in [6.45, 7) is 4.16. The number of halogens is 1. The molecule has 0 aliphatic heterocycles. The number of para-hydroxylation sites is 1. The van der Waals surface area contributed by atoms with Gasteiger partial charge in [0.2, 0.25) is 0 Å². The van der Waals surface area contributed by atoms with Crippen molar-refractivity contribution in [1.29, 1.82) is 0 Å². The smallest absolute Gasteiger partial charge is 0.274 e. The number of rotatable bonds is 5. The molecule has 0 fully saturated rings. The molecule has 0 saturated carbocycles. The van der Waals surface area contributed by atoms with Gasteiger partial charge in [-0.1, -0.05) is 32.0 Å². The molecule has 0 spiro atoms. The molecule has 2 aromatic carbocycles. The maximum Gasteiger partial charge on any atom is 0.274 e. The first-order chi connectivity index (χ1) is 12.5. The second-order valence-corrected chi connectivity index (χ2v) is 6.26. The van der Waals surface area contributed by atoms with Gasteiger partial charge < -0.3 is 10.6 Å². The van der Waals surface area contributed by atoms with E-state index in [2.05, 4.69) is 29.5 Å². The molecular formula is C21H20FN3O. The van der Waals surface area contributed by atoms with Crippen molar-refractivity contribution in [3.63, 3.8) is 0 Å². The van der Waals surface area contributed by atoms with E-state index < -0.39 is 0 Å². The quantitative estimate of drug-likeness (QED) is 0.654. The Bertz CT molecular complexity index is 890. The number of aromatic nitrogens is 1. The molecule has 0 radical (unpaired) electrons. The van der Waals surface area contributed by atoms with E-state index in [4.69, 9.17) is 0 Å². The van der Waals surface area contributed by atoms with E-state index in [0.717, 1.165) is 22.6 Å². The second kappa shape index (κ2) is 7.78. The summed E-state index contributed by atoms with van der Waals surface area (Å²) < 4.78 is 12.9. The molecule has 0 bridgehead atoms. The van der Waals surface area contributed by atoms with Crippen LogP contribution in [0.3, 0.4) is 0 Å². The lowest BCUT2D eigenvalue weighted by Gasteiger charge is -2.13. The third kappa shape index (κ3) is 4.25. The van der Waals surface area contributed by atoms with Crippen molar-refractivity contribution in [2.45, 2.75) is 19.8 Å². The number of nitrogens with zero attached hydrogens (tertiary/aromatic N) is 1. The minimum Gasteiger partial charge on any atom is -0.354 e. The number of carbonyl (C=O) groups excluding carboxylic acids is 1. The Kier molecular flexibility index (Phi) is 5.27. The Morgan fingerprint density at radius 2 is 1.65 bits per heavy atom. The lowest BCUT2D eigenvalue weighted by Crippen LogP contribution is -2.15. The highest BCUT2D eigenvalue weighted by Crippen LogP contribution is 2.24. The molecule has 0 aliphatic carbocycles. The van der Waals surface area contributed by atoms with E-state index >= 15 is 0 Å². The molecule has 0 saturated heterocycles. The number of pyridine rings is 1. The fourth-order valence-corrected chi connectivity index (χ4v) is 2.60. The highest BCUT2D eigenvalue weighted by atomic mass is 19.1.